The van der Waals surface area contributed by atoms with Gasteiger partial charge in [-0.05, 0) is 60.3 Å². The highest BCUT2D eigenvalue weighted by Crippen LogP contribution is 2.44. The molecule has 0 radical (unpaired) electrons. The second-order valence-electron chi connectivity index (χ2n) is 5.78. The van der Waals surface area contributed by atoms with Gasteiger partial charge in [-0.1, -0.05) is 26.8 Å². The van der Waals surface area contributed by atoms with Crippen molar-refractivity contribution in [2.75, 3.05) is 7.11 Å². The highest BCUT2D eigenvalue weighted by molar-refractivity contribution is 5.46. The van der Waals surface area contributed by atoms with Gasteiger partial charge in [-0.3, -0.25) is 0 Å². The van der Waals surface area contributed by atoms with Crippen molar-refractivity contribution in [1.82, 2.24) is 0 Å². The zero-order valence-corrected chi connectivity index (χ0v) is 11.7. The van der Waals surface area contributed by atoms with E-state index in [9.17, 15) is 0 Å². The summed E-state index contributed by atoms with van der Waals surface area (Å²) in [5.74, 6) is 3.18. The van der Waals surface area contributed by atoms with Crippen molar-refractivity contribution in [3.05, 3.63) is 28.8 Å². The maximum Gasteiger partial charge on any atom is 0.122 e. The molecule has 1 heteroatoms. The van der Waals surface area contributed by atoms with Gasteiger partial charge < -0.3 is 4.74 Å². The van der Waals surface area contributed by atoms with Crippen LogP contribution in [0.3, 0.4) is 0 Å². The van der Waals surface area contributed by atoms with Crippen molar-refractivity contribution in [2.45, 2.75) is 52.4 Å². The summed E-state index contributed by atoms with van der Waals surface area (Å²) in [7, 11) is 1.77. The van der Waals surface area contributed by atoms with Gasteiger partial charge in [0.2, 0.25) is 0 Å². The fourth-order valence-electron chi connectivity index (χ4n) is 3.13. The Morgan fingerprint density at radius 1 is 1.18 bits per heavy atom. The molecule has 0 aliphatic heterocycles. The van der Waals surface area contributed by atoms with Crippen molar-refractivity contribution in [3.8, 4) is 5.75 Å². The topological polar surface area (TPSA) is 9.23 Å². The molecule has 0 aromatic heterocycles. The molecule has 0 N–H and O–H groups in total. The SMILES string of the molecule is COc1cc2c(cc1C)[C@@H](C(C)C)CC[C@@H]2C. The lowest BCUT2D eigenvalue weighted by Gasteiger charge is -2.33. The number of methoxy groups -OCH3 is 1. The third-order valence-corrected chi connectivity index (χ3v) is 4.25. The molecule has 1 aromatic carbocycles. The smallest absolute Gasteiger partial charge is 0.122 e. The summed E-state index contributed by atoms with van der Waals surface area (Å²) in [6, 6.07) is 4.62. The summed E-state index contributed by atoms with van der Waals surface area (Å²) < 4.78 is 5.46. The van der Waals surface area contributed by atoms with Gasteiger partial charge in [0.1, 0.15) is 5.75 Å². The van der Waals surface area contributed by atoms with Crippen molar-refractivity contribution >= 4 is 0 Å². The van der Waals surface area contributed by atoms with Crippen LogP contribution in [0.1, 0.15) is 62.1 Å². The normalized spacial score (nSPS) is 23.6. The minimum absolute atomic E-state index is 0.675. The van der Waals surface area contributed by atoms with E-state index in [0.717, 1.165) is 17.6 Å². The molecule has 2 atom stereocenters. The molecule has 0 fully saturated rings. The summed E-state index contributed by atoms with van der Waals surface area (Å²) in [6.45, 7) is 9.16. The number of aryl methyl sites for hydroxylation is 1. The first-order valence-corrected chi connectivity index (χ1v) is 6.73. The van der Waals surface area contributed by atoms with E-state index >= 15 is 0 Å². The minimum atomic E-state index is 0.675. The maximum absolute atomic E-state index is 5.46. The average molecular weight is 232 g/mol. The van der Waals surface area contributed by atoms with E-state index in [2.05, 4.69) is 39.8 Å². The van der Waals surface area contributed by atoms with Crippen LogP contribution >= 0.6 is 0 Å². The number of ether oxygens (including phenoxy) is 1. The molecule has 94 valence electrons. The lowest BCUT2D eigenvalue weighted by molar-refractivity contribution is 0.395. The Morgan fingerprint density at radius 2 is 1.88 bits per heavy atom. The Morgan fingerprint density at radius 3 is 2.47 bits per heavy atom. The Labute approximate surface area is 105 Å². The molecule has 0 heterocycles. The van der Waals surface area contributed by atoms with Gasteiger partial charge >= 0.3 is 0 Å². The predicted molar refractivity (Wildman–Crippen MR) is 73.0 cm³/mol. The van der Waals surface area contributed by atoms with E-state index in [1.54, 1.807) is 12.7 Å². The van der Waals surface area contributed by atoms with Crippen LogP contribution in [0.25, 0.3) is 0 Å². The van der Waals surface area contributed by atoms with E-state index in [1.165, 1.54) is 24.0 Å². The van der Waals surface area contributed by atoms with Crippen LogP contribution in [0.5, 0.6) is 5.75 Å². The molecule has 0 amide bonds. The van der Waals surface area contributed by atoms with E-state index in [4.69, 9.17) is 4.74 Å². The number of rotatable bonds is 2. The Bertz CT molecular complexity index is 406. The Hall–Kier alpha value is -0.980. The molecule has 0 spiro atoms. The summed E-state index contributed by atoms with van der Waals surface area (Å²) in [5.41, 5.74) is 4.35. The first kappa shape index (κ1) is 12.5. The summed E-state index contributed by atoms with van der Waals surface area (Å²) in [6.07, 6.45) is 2.64. The molecule has 1 nitrogen and oxygen atoms in total. The number of hydrogen-bond acceptors (Lipinski definition) is 1. The second kappa shape index (κ2) is 4.72. The van der Waals surface area contributed by atoms with Crippen molar-refractivity contribution in [3.63, 3.8) is 0 Å². The van der Waals surface area contributed by atoms with Gasteiger partial charge in [-0.2, -0.15) is 0 Å². The Balaban J connectivity index is 2.51. The standard InChI is InChI=1S/C16H24O/c1-10(2)13-7-6-11(3)14-9-16(17-5)12(4)8-15(13)14/h8-11,13H,6-7H2,1-5H3/t11-,13+/m0/s1. The number of hydrogen-bond donors (Lipinski definition) is 0. The van der Waals surface area contributed by atoms with Crippen LogP contribution in [0.2, 0.25) is 0 Å². The fourth-order valence-corrected chi connectivity index (χ4v) is 3.13. The van der Waals surface area contributed by atoms with Crippen LogP contribution in [0.15, 0.2) is 12.1 Å². The molecule has 0 bridgehead atoms. The minimum Gasteiger partial charge on any atom is -0.496 e. The van der Waals surface area contributed by atoms with Gasteiger partial charge in [-0.25, -0.2) is 0 Å². The molecule has 0 saturated heterocycles. The van der Waals surface area contributed by atoms with Crippen molar-refractivity contribution in [2.24, 2.45) is 5.92 Å². The van der Waals surface area contributed by atoms with Crippen LogP contribution < -0.4 is 4.74 Å². The van der Waals surface area contributed by atoms with Gasteiger partial charge in [0.25, 0.3) is 0 Å². The lowest BCUT2D eigenvalue weighted by Crippen LogP contribution is -2.17. The maximum atomic E-state index is 5.46. The fraction of sp³-hybridized carbons (Fsp3) is 0.625. The molecule has 17 heavy (non-hydrogen) atoms. The largest absolute Gasteiger partial charge is 0.496 e. The van der Waals surface area contributed by atoms with Crippen LogP contribution in [-0.4, -0.2) is 7.11 Å². The molecular formula is C16H24O. The monoisotopic (exact) mass is 232 g/mol. The van der Waals surface area contributed by atoms with Gasteiger partial charge in [-0.15, -0.1) is 0 Å². The molecule has 0 saturated carbocycles. The second-order valence-corrected chi connectivity index (χ2v) is 5.78. The first-order valence-electron chi connectivity index (χ1n) is 6.73. The molecule has 0 unspecified atom stereocenters. The van der Waals surface area contributed by atoms with Gasteiger partial charge in [0.05, 0.1) is 7.11 Å². The van der Waals surface area contributed by atoms with Crippen molar-refractivity contribution in [1.29, 1.82) is 0 Å². The average Bonchev–Trinajstić information content (AvgIpc) is 2.28. The van der Waals surface area contributed by atoms with Crippen molar-refractivity contribution < 1.29 is 4.74 Å². The highest BCUT2D eigenvalue weighted by atomic mass is 16.5. The predicted octanol–water partition coefficient (Wildman–Crippen LogP) is 4.64. The number of fused-ring (bicyclic) bond motifs is 1. The van der Waals surface area contributed by atoms with E-state index in [-0.39, 0.29) is 0 Å². The van der Waals surface area contributed by atoms with E-state index in [1.807, 2.05) is 0 Å². The molecule has 2 rings (SSSR count). The van der Waals surface area contributed by atoms with Crippen LogP contribution in [-0.2, 0) is 0 Å². The zero-order chi connectivity index (χ0) is 12.6. The van der Waals surface area contributed by atoms with Crippen LogP contribution in [0, 0.1) is 12.8 Å². The first-order chi connectivity index (χ1) is 8.04. The Kier molecular flexibility index (Phi) is 3.46. The van der Waals surface area contributed by atoms with Crippen LogP contribution in [0.4, 0.5) is 0 Å². The molecule has 1 aliphatic rings. The molecule has 1 aromatic rings. The molecule has 1 aliphatic carbocycles. The third kappa shape index (κ3) is 2.20. The van der Waals surface area contributed by atoms with E-state index < -0.39 is 0 Å². The zero-order valence-electron chi connectivity index (χ0n) is 11.7. The quantitative estimate of drug-likeness (QED) is 0.721. The van der Waals surface area contributed by atoms with Gasteiger partial charge in [0, 0.05) is 0 Å². The highest BCUT2D eigenvalue weighted by Gasteiger charge is 2.27. The lowest BCUT2D eigenvalue weighted by atomic mass is 9.72. The summed E-state index contributed by atoms with van der Waals surface area (Å²) in [5, 5.41) is 0. The summed E-state index contributed by atoms with van der Waals surface area (Å²) in [4.78, 5) is 0. The third-order valence-electron chi connectivity index (χ3n) is 4.25. The number of benzene rings is 1. The van der Waals surface area contributed by atoms with Gasteiger partial charge in [0.15, 0.2) is 0 Å². The summed E-state index contributed by atoms with van der Waals surface area (Å²) >= 11 is 0. The van der Waals surface area contributed by atoms with E-state index in [0.29, 0.717) is 5.92 Å². The molecular weight excluding hydrogens is 208 g/mol.